The van der Waals surface area contributed by atoms with Crippen LogP contribution in [-0.4, -0.2) is 23.7 Å². The van der Waals surface area contributed by atoms with Crippen molar-refractivity contribution in [2.45, 2.75) is 46.1 Å². The quantitative estimate of drug-likeness (QED) is 0.752. The van der Waals surface area contributed by atoms with Crippen LogP contribution in [0.4, 0.5) is 0 Å². The van der Waals surface area contributed by atoms with Gasteiger partial charge in [0.2, 0.25) is 5.91 Å². The number of allylic oxidation sites excluding steroid dienone is 2. The van der Waals surface area contributed by atoms with E-state index in [0.29, 0.717) is 18.3 Å². The molecule has 3 heteroatoms. The molecule has 0 aromatic heterocycles. The van der Waals surface area contributed by atoms with Gasteiger partial charge < -0.3 is 10.4 Å². The molecule has 102 valence electrons. The summed E-state index contributed by atoms with van der Waals surface area (Å²) in [4.78, 5) is 12.3. The predicted octanol–water partition coefficient (Wildman–Crippen LogP) is 2.11. The van der Waals surface area contributed by atoms with Crippen molar-refractivity contribution in [3.8, 4) is 0 Å². The monoisotopic (exact) mass is 251 g/mol. The summed E-state index contributed by atoms with van der Waals surface area (Å²) in [5.74, 6) is 1.41. The van der Waals surface area contributed by atoms with E-state index >= 15 is 0 Å². The van der Waals surface area contributed by atoms with Crippen molar-refractivity contribution in [1.29, 1.82) is 0 Å². The number of aliphatic hydroxyl groups excluding tert-OH is 1. The Balaban J connectivity index is 1.95. The number of rotatable bonds is 4. The Hall–Kier alpha value is -0.830. The van der Waals surface area contributed by atoms with Crippen molar-refractivity contribution in [1.82, 2.24) is 5.32 Å². The van der Waals surface area contributed by atoms with Gasteiger partial charge in [0.25, 0.3) is 0 Å². The molecule has 2 aliphatic rings. The van der Waals surface area contributed by atoms with E-state index in [2.05, 4.69) is 38.2 Å². The van der Waals surface area contributed by atoms with E-state index in [-0.39, 0.29) is 29.9 Å². The Morgan fingerprint density at radius 1 is 1.39 bits per heavy atom. The molecule has 0 spiro atoms. The summed E-state index contributed by atoms with van der Waals surface area (Å²) in [6.45, 7) is 6.44. The molecule has 0 aromatic carbocycles. The summed E-state index contributed by atoms with van der Waals surface area (Å²) in [5.41, 5.74) is -0.00809. The van der Waals surface area contributed by atoms with Gasteiger partial charge in [-0.2, -0.15) is 0 Å². The van der Waals surface area contributed by atoms with Crippen molar-refractivity contribution >= 4 is 5.91 Å². The molecule has 2 N–H and O–H groups in total. The number of fused-ring (bicyclic) bond motifs is 2. The van der Waals surface area contributed by atoms with Crippen LogP contribution in [0.25, 0.3) is 0 Å². The average molecular weight is 251 g/mol. The Morgan fingerprint density at radius 2 is 2.11 bits per heavy atom. The van der Waals surface area contributed by atoms with Crippen molar-refractivity contribution in [2.24, 2.45) is 23.2 Å². The summed E-state index contributed by atoms with van der Waals surface area (Å²) in [6.07, 6.45) is 7.24. The van der Waals surface area contributed by atoms with Gasteiger partial charge >= 0.3 is 0 Å². The van der Waals surface area contributed by atoms with Gasteiger partial charge in [0.1, 0.15) is 0 Å². The molecule has 0 aliphatic heterocycles. The molecule has 0 saturated heterocycles. The molecule has 2 bridgehead atoms. The Morgan fingerprint density at radius 3 is 2.56 bits per heavy atom. The van der Waals surface area contributed by atoms with Crippen molar-refractivity contribution in [3.05, 3.63) is 12.2 Å². The first-order valence-electron chi connectivity index (χ1n) is 7.01. The SMILES string of the molecule is CC(C)(C)C(CCO)NC(=O)C1CC2C=CC1C2. The standard InChI is InChI=1S/C15H25NO2/c1-15(2,3)13(6-7-17)16-14(18)12-9-10-4-5-11(12)8-10/h4-5,10-13,17H,6-9H2,1-3H3,(H,16,18). The second-order valence-electron chi connectivity index (χ2n) is 6.83. The van der Waals surface area contributed by atoms with E-state index in [9.17, 15) is 4.79 Å². The third-order valence-electron chi connectivity index (χ3n) is 4.40. The highest BCUT2D eigenvalue weighted by molar-refractivity contribution is 5.80. The third kappa shape index (κ3) is 2.77. The molecule has 1 fully saturated rings. The number of hydrogen-bond donors (Lipinski definition) is 2. The molecule has 3 nitrogen and oxygen atoms in total. The van der Waals surface area contributed by atoms with Crippen LogP contribution < -0.4 is 5.32 Å². The zero-order chi connectivity index (χ0) is 13.3. The molecule has 0 radical (unpaired) electrons. The van der Waals surface area contributed by atoms with Crippen molar-refractivity contribution in [3.63, 3.8) is 0 Å². The maximum absolute atomic E-state index is 12.3. The van der Waals surface area contributed by atoms with Crippen LogP contribution >= 0.6 is 0 Å². The highest BCUT2D eigenvalue weighted by Crippen LogP contribution is 2.43. The molecule has 18 heavy (non-hydrogen) atoms. The number of carbonyl (C=O) groups is 1. The van der Waals surface area contributed by atoms with Crippen LogP contribution in [0.1, 0.15) is 40.0 Å². The van der Waals surface area contributed by atoms with E-state index in [0.717, 1.165) is 12.8 Å². The fraction of sp³-hybridized carbons (Fsp3) is 0.800. The fourth-order valence-corrected chi connectivity index (χ4v) is 3.21. The molecule has 4 unspecified atom stereocenters. The van der Waals surface area contributed by atoms with Crippen LogP contribution in [0.5, 0.6) is 0 Å². The normalized spacial score (nSPS) is 31.7. The molecule has 0 heterocycles. The number of nitrogens with one attached hydrogen (secondary N) is 1. The second kappa shape index (κ2) is 5.04. The molecule has 2 aliphatic carbocycles. The summed E-state index contributed by atoms with van der Waals surface area (Å²) in [7, 11) is 0. The minimum atomic E-state index is -0.00809. The summed E-state index contributed by atoms with van der Waals surface area (Å²) >= 11 is 0. The number of carbonyl (C=O) groups excluding carboxylic acids is 1. The van der Waals surface area contributed by atoms with Gasteiger partial charge in [-0.25, -0.2) is 0 Å². The fourth-order valence-electron chi connectivity index (χ4n) is 3.21. The summed E-state index contributed by atoms with van der Waals surface area (Å²) in [5, 5.41) is 12.3. The first kappa shape index (κ1) is 13.6. The van der Waals surface area contributed by atoms with Gasteiger partial charge in [0, 0.05) is 18.6 Å². The van der Waals surface area contributed by atoms with E-state index in [1.54, 1.807) is 0 Å². The first-order chi connectivity index (χ1) is 8.41. The van der Waals surface area contributed by atoms with Crippen molar-refractivity contribution < 1.29 is 9.90 Å². The van der Waals surface area contributed by atoms with Crippen LogP contribution in [0, 0.1) is 23.2 Å². The molecule has 1 amide bonds. The predicted molar refractivity (Wildman–Crippen MR) is 71.9 cm³/mol. The van der Waals surface area contributed by atoms with Crippen molar-refractivity contribution in [2.75, 3.05) is 6.61 Å². The Kier molecular flexibility index (Phi) is 3.81. The molecular weight excluding hydrogens is 226 g/mol. The zero-order valence-electron chi connectivity index (χ0n) is 11.6. The molecule has 0 aromatic rings. The zero-order valence-corrected chi connectivity index (χ0v) is 11.6. The minimum absolute atomic E-state index is 0.00809. The Labute approximate surface area is 110 Å². The van der Waals surface area contributed by atoms with Crippen LogP contribution in [0.3, 0.4) is 0 Å². The lowest BCUT2D eigenvalue weighted by Gasteiger charge is -2.32. The van der Waals surface area contributed by atoms with Gasteiger partial charge in [0.15, 0.2) is 0 Å². The maximum atomic E-state index is 12.3. The van der Waals surface area contributed by atoms with Gasteiger partial charge in [-0.3, -0.25) is 4.79 Å². The van der Waals surface area contributed by atoms with Crippen LogP contribution in [0.2, 0.25) is 0 Å². The van der Waals surface area contributed by atoms with Gasteiger partial charge in [-0.05, 0) is 36.5 Å². The topological polar surface area (TPSA) is 49.3 Å². The first-order valence-corrected chi connectivity index (χ1v) is 7.01. The largest absolute Gasteiger partial charge is 0.396 e. The Bertz CT molecular complexity index is 343. The highest BCUT2D eigenvalue weighted by atomic mass is 16.3. The lowest BCUT2D eigenvalue weighted by Crippen LogP contribution is -2.47. The van der Waals surface area contributed by atoms with Crippen LogP contribution in [0.15, 0.2) is 12.2 Å². The molecule has 4 atom stereocenters. The molecule has 1 saturated carbocycles. The third-order valence-corrected chi connectivity index (χ3v) is 4.40. The van der Waals surface area contributed by atoms with Gasteiger partial charge in [0.05, 0.1) is 0 Å². The average Bonchev–Trinajstić information content (AvgIpc) is 2.88. The number of amides is 1. The smallest absolute Gasteiger partial charge is 0.223 e. The maximum Gasteiger partial charge on any atom is 0.223 e. The molecule has 2 rings (SSSR count). The minimum Gasteiger partial charge on any atom is -0.396 e. The number of aliphatic hydroxyl groups is 1. The lowest BCUT2D eigenvalue weighted by atomic mass is 9.84. The molecular formula is C15H25NO2. The van der Waals surface area contributed by atoms with E-state index < -0.39 is 0 Å². The number of hydrogen-bond acceptors (Lipinski definition) is 2. The van der Waals surface area contributed by atoms with Crippen LogP contribution in [-0.2, 0) is 4.79 Å². The highest BCUT2D eigenvalue weighted by Gasteiger charge is 2.40. The van der Waals surface area contributed by atoms with Gasteiger partial charge in [-0.1, -0.05) is 32.9 Å². The second-order valence-corrected chi connectivity index (χ2v) is 6.83. The van der Waals surface area contributed by atoms with E-state index in [1.807, 2.05) is 0 Å². The lowest BCUT2D eigenvalue weighted by molar-refractivity contribution is -0.127. The van der Waals surface area contributed by atoms with Gasteiger partial charge in [-0.15, -0.1) is 0 Å². The summed E-state index contributed by atoms with van der Waals surface area (Å²) < 4.78 is 0. The summed E-state index contributed by atoms with van der Waals surface area (Å²) in [6, 6.07) is 0.0538. The van der Waals surface area contributed by atoms with E-state index in [4.69, 9.17) is 5.11 Å². The van der Waals surface area contributed by atoms with E-state index in [1.165, 1.54) is 0 Å².